The van der Waals surface area contributed by atoms with Gasteiger partial charge in [0.15, 0.2) is 0 Å². The van der Waals surface area contributed by atoms with Crippen molar-refractivity contribution in [3.05, 3.63) is 169 Å². The molecule has 12 aromatic rings. The first-order chi connectivity index (χ1) is 27.9. The molecular formula is C51H27BN4. The normalized spacial score (nSPS) is 15.3. The van der Waals surface area contributed by atoms with Gasteiger partial charge in [0.05, 0.1) is 50.3 Å². The third-order valence-electron chi connectivity index (χ3n) is 14.1. The lowest BCUT2D eigenvalue weighted by molar-refractivity contribution is 0.711. The van der Waals surface area contributed by atoms with Crippen molar-refractivity contribution in [1.82, 2.24) is 18.2 Å². The van der Waals surface area contributed by atoms with Crippen molar-refractivity contribution in [3.8, 4) is 33.6 Å². The van der Waals surface area contributed by atoms with E-state index in [0.29, 0.717) is 0 Å². The highest BCUT2D eigenvalue weighted by Crippen LogP contribution is 2.56. The first-order valence-corrected chi connectivity index (χ1v) is 19.8. The summed E-state index contributed by atoms with van der Waals surface area (Å²) in [5, 5.41) is 7.92. The summed E-state index contributed by atoms with van der Waals surface area (Å²) in [4.78, 5) is 0. The molecule has 0 amide bonds. The highest BCUT2D eigenvalue weighted by molar-refractivity contribution is 6.90. The van der Waals surface area contributed by atoms with Crippen molar-refractivity contribution >= 4 is 94.2 Å². The molecule has 0 N–H and O–H groups in total. The monoisotopic (exact) mass is 706 g/mol. The minimum Gasteiger partial charge on any atom is -0.374 e. The Morgan fingerprint density at radius 2 is 0.946 bits per heavy atom. The van der Waals surface area contributed by atoms with Crippen LogP contribution in [0.1, 0.15) is 17.2 Å². The van der Waals surface area contributed by atoms with E-state index in [4.69, 9.17) is 0 Å². The number of benzene rings is 8. The predicted octanol–water partition coefficient (Wildman–Crippen LogP) is 10.8. The molecule has 8 aromatic carbocycles. The maximum Gasteiger partial charge on any atom is 0.333 e. The van der Waals surface area contributed by atoms with Crippen LogP contribution in [0.15, 0.2) is 158 Å². The van der Waals surface area contributed by atoms with Crippen LogP contribution < -0.4 is 10.9 Å². The van der Waals surface area contributed by atoms with Crippen LogP contribution >= 0.6 is 0 Å². The second-order valence-electron chi connectivity index (χ2n) is 16.3. The van der Waals surface area contributed by atoms with Gasteiger partial charge >= 0.3 is 6.85 Å². The zero-order chi connectivity index (χ0) is 35.7. The maximum atomic E-state index is 2.77. The zero-order valence-electron chi connectivity index (χ0n) is 30.0. The topological polar surface area (TPSA) is 19.7 Å². The van der Waals surface area contributed by atoms with Crippen molar-refractivity contribution in [1.29, 1.82) is 0 Å². The minimum absolute atomic E-state index is 0.0235. The SMILES string of the molecule is c1cc2c3c(c1)-n1c4ccccc4c4cccc(c41)B3n1c3c-2cccc3c2c1c1cccc3c1n2C1c2c-3cccc2-n2c3ccccc3c3cccc1c32. The van der Waals surface area contributed by atoms with Gasteiger partial charge < -0.3 is 18.2 Å². The number of rotatable bonds is 0. The van der Waals surface area contributed by atoms with Crippen molar-refractivity contribution in [3.63, 3.8) is 0 Å². The Bertz CT molecular complexity index is 3650. The third-order valence-corrected chi connectivity index (χ3v) is 14.1. The summed E-state index contributed by atoms with van der Waals surface area (Å²) < 4.78 is 10.6. The molecule has 56 heavy (non-hydrogen) atoms. The molecule has 0 saturated carbocycles. The summed E-state index contributed by atoms with van der Waals surface area (Å²) in [5.41, 5.74) is 24.0. The van der Waals surface area contributed by atoms with Crippen LogP contribution in [-0.2, 0) is 0 Å². The van der Waals surface area contributed by atoms with Gasteiger partial charge in [-0.25, -0.2) is 0 Å². The lowest BCUT2D eigenvalue weighted by Crippen LogP contribution is -2.55. The molecule has 4 aromatic heterocycles. The van der Waals surface area contributed by atoms with Gasteiger partial charge in [0.25, 0.3) is 0 Å². The Labute approximate surface area is 319 Å². The van der Waals surface area contributed by atoms with Gasteiger partial charge in [0, 0.05) is 65.8 Å². The highest BCUT2D eigenvalue weighted by atomic mass is 15.1. The molecule has 0 aliphatic carbocycles. The fourth-order valence-electron chi connectivity index (χ4n) is 12.3. The van der Waals surface area contributed by atoms with Crippen LogP contribution in [0.5, 0.6) is 0 Å². The molecular weight excluding hydrogens is 679 g/mol. The molecule has 254 valence electrons. The van der Waals surface area contributed by atoms with Gasteiger partial charge in [-0.15, -0.1) is 0 Å². The van der Waals surface area contributed by atoms with Gasteiger partial charge in [-0.2, -0.15) is 0 Å². The van der Waals surface area contributed by atoms with E-state index in [2.05, 4.69) is 176 Å². The molecule has 1 unspecified atom stereocenters. The van der Waals surface area contributed by atoms with E-state index in [1.807, 2.05) is 0 Å². The Morgan fingerprint density at radius 1 is 0.375 bits per heavy atom. The van der Waals surface area contributed by atoms with E-state index in [9.17, 15) is 0 Å². The van der Waals surface area contributed by atoms with Gasteiger partial charge in [-0.1, -0.05) is 133 Å². The standard InChI is InChI=1S/C51H27BN4/c1-3-23-39-27(11-1)31-15-5-19-35-45(31)53(39)41-25-9-13-29-33-16-6-20-36-46(33)55(49(35)43(29)41)50-37-21-7-17-34-30-14-10-26-42-44(30)52(56(47(34)37)51(36)50)38-22-8-18-32-28-12-2-4-24-40(28)54(42)48(32)38/h1-26,49H. The first kappa shape index (κ1) is 27.4. The van der Waals surface area contributed by atoms with E-state index in [1.165, 1.54) is 132 Å². The van der Waals surface area contributed by atoms with E-state index in [0.717, 1.165) is 0 Å². The van der Waals surface area contributed by atoms with Crippen LogP contribution in [0.4, 0.5) is 0 Å². The Morgan fingerprint density at radius 3 is 1.75 bits per heavy atom. The molecule has 5 heteroatoms. The van der Waals surface area contributed by atoms with Crippen LogP contribution in [-0.4, -0.2) is 25.0 Å². The predicted molar refractivity (Wildman–Crippen MR) is 232 cm³/mol. The summed E-state index contributed by atoms with van der Waals surface area (Å²) in [5.74, 6) is 0. The lowest BCUT2D eigenvalue weighted by Gasteiger charge is -2.36. The first-order valence-electron chi connectivity index (χ1n) is 19.8. The molecule has 4 aliphatic heterocycles. The number of aromatic nitrogens is 4. The van der Waals surface area contributed by atoms with Crippen LogP contribution in [0, 0.1) is 0 Å². The second kappa shape index (κ2) is 8.83. The summed E-state index contributed by atoms with van der Waals surface area (Å²) in [7, 11) is 0. The number of hydrogen-bond acceptors (Lipinski definition) is 0. The second-order valence-corrected chi connectivity index (χ2v) is 16.3. The maximum absolute atomic E-state index is 2.77. The molecule has 4 nitrogen and oxygen atoms in total. The quantitative estimate of drug-likeness (QED) is 0.140. The Hall–Kier alpha value is -7.24. The van der Waals surface area contributed by atoms with Crippen molar-refractivity contribution in [2.75, 3.05) is 0 Å². The van der Waals surface area contributed by atoms with E-state index >= 15 is 0 Å². The summed E-state index contributed by atoms with van der Waals surface area (Å²) in [6, 6.07) is 60.1. The number of nitrogens with zero attached hydrogens (tertiary/aromatic N) is 4. The van der Waals surface area contributed by atoms with E-state index in [1.54, 1.807) is 0 Å². The lowest BCUT2D eigenvalue weighted by atomic mass is 9.45. The number of para-hydroxylation sites is 6. The molecule has 16 rings (SSSR count). The fraction of sp³-hybridized carbons (Fsp3) is 0.0196. The van der Waals surface area contributed by atoms with Crippen LogP contribution in [0.3, 0.4) is 0 Å². The average Bonchev–Trinajstić information content (AvgIpc) is 3.98. The minimum atomic E-state index is 0.0235. The van der Waals surface area contributed by atoms with Crippen molar-refractivity contribution < 1.29 is 0 Å². The molecule has 8 heterocycles. The Kier molecular flexibility index (Phi) is 4.31. The fourth-order valence-corrected chi connectivity index (χ4v) is 12.3. The van der Waals surface area contributed by atoms with E-state index in [-0.39, 0.29) is 12.9 Å². The van der Waals surface area contributed by atoms with Gasteiger partial charge in [0.2, 0.25) is 0 Å². The molecule has 1 atom stereocenters. The molecule has 0 radical (unpaired) electrons. The summed E-state index contributed by atoms with van der Waals surface area (Å²) in [6.45, 7) is 0.0235. The van der Waals surface area contributed by atoms with Gasteiger partial charge in [0.1, 0.15) is 0 Å². The molecule has 0 fully saturated rings. The van der Waals surface area contributed by atoms with Crippen LogP contribution in [0.25, 0.3) is 110 Å². The van der Waals surface area contributed by atoms with E-state index < -0.39 is 0 Å². The number of hydrogen-bond donors (Lipinski definition) is 0. The number of fused-ring (bicyclic) bond motifs is 19. The van der Waals surface area contributed by atoms with Gasteiger partial charge in [-0.05, 0) is 46.3 Å². The smallest absolute Gasteiger partial charge is 0.333 e. The Balaban J connectivity index is 1.13. The molecule has 0 spiro atoms. The molecule has 0 saturated heterocycles. The van der Waals surface area contributed by atoms with Crippen molar-refractivity contribution in [2.24, 2.45) is 0 Å². The average molecular weight is 707 g/mol. The summed E-state index contributed by atoms with van der Waals surface area (Å²) in [6.07, 6.45) is 0. The van der Waals surface area contributed by atoms with Crippen molar-refractivity contribution in [2.45, 2.75) is 6.04 Å². The molecule has 0 bridgehead atoms. The van der Waals surface area contributed by atoms with Gasteiger partial charge in [-0.3, -0.25) is 0 Å². The zero-order valence-corrected chi connectivity index (χ0v) is 30.0. The molecule has 4 aliphatic rings. The third kappa shape index (κ3) is 2.69. The largest absolute Gasteiger partial charge is 0.374 e. The highest BCUT2D eigenvalue weighted by Gasteiger charge is 2.44. The van der Waals surface area contributed by atoms with Crippen LogP contribution in [0.2, 0.25) is 0 Å². The summed E-state index contributed by atoms with van der Waals surface area (Å²) >= 11 is 0.